The smallest absolute Gasteiger partial charge is 0.240 e. The Kier molecular flexibility index (Phi) is 7.16. The Labute approximate surface area is 195 Å². The third-order valence-corrected chi connectivity index (χ3v) is 7.69. The largest absolute Gasteiger partial charge is 0.368 e. The van der Waals surface area contributed by atoms with Crippen LogP contribution in [0.3, 0.4) is 0 Å². The van der Waals surface area contributed by atoms with Gasteiger partial charge in [0.1, 0.15) is 0 Å². The highest BCUT2D eigenvalue weighted by molar-refractivity contribution is 7.89. The van der Waals surface area contributed by atoms with Crippen LogP contribution in [0.4, 0.5) is 5.69 Å². The maximum Gasteiger partial charge on any atom is 0.240 e. The Morgan fingerprint density at radius 2 is 1.50 bits per heavy atom. The monoisotopic (exact) mass is 469 g/mol. The van der Waals surface area contributed by atoms with Crippen LogP contribution < -0.4 is 9.62 Å². The van der Waals surface area contributed by atoms with Gasteiger partial charge in [0.15, 0.2) is 0 Å². The summed E-state index contributed by atoms with van der Waals surface area (Å²) >= 11 is 6.39. The van der Waals surface area contributed by atoms with E-state index < -0.39 is 10.0 Å². The van der Waals surface area contributed by atoms with Gasteiger partial charge < -0.3 is 4.90 Å². The number of hydrogen-bond acceptors (Lipinski definition) is 4. The maximum atomic E-state index is 12.9. The van der Waals surface area contributed by atoms with Gasteiger partial charge in [-0.15, -0.1) is 0 Å². The van der Waals surface area contributed by atoms with Gasteiger partial charge in [-0.2, -0.15) is 0 Å². The first-order chi connectivity index (χ1) is 15.4. The van der Waals surface area contributed by atoms with E-state index in [0.717, 1.165) is 48.0 Å². The molecule has 1 N–H and O–H groups in total. The van der Waals surface area contributed by atoms with Crippen molar-refractivity contribution in [1.82, 2.24) is 9.62 Å². The molecule has 1 heterocycles. The lowest BCUT2D eigenvalue weighted by Crippen LogP contribution is -2.50. The molecule has 0 spiro atoms. The number of rotatable bonds is 7. The minimum absolute atomic E-state index is 0.0511. The molecule has 5 nitrogen and oxygen atoms in total. The first kappa shape index (κ1) is 22.8. The van der Waals surface area contributed by atoms with Gasteiger partial charge in [-0.05, 0) is 36.8 Å². The maximum absolute atomic E-state index is 12.9. The van der Waals surface area contributed by atoms with E-state index in [1.165, 1.54) is 0 Å². The van der Waals surface area contributed by atoms with Crippen molar-refractivity contribution in [1.29, 1.82) is 0 Å². The zero-order valence-corrected chi connectivity index (χ0v) is 19.7. The first-order valence-electron chi connectivity index (χ1n) is 10.8. The van der Waals surface area contributed by atoms with Gasteiger partial charge in [-0.1, -0.05) is 71.8 Å². The van der Waals surface area contributed by atoms with Crippen molar-refractivity contribution in [3.63, 3.8) is 0 Å². The second-order valence-corrected chi connectivity index (χ2v) is 10.2. The van der Waals surface area contributed by atoms with Gasteiger partial charge in [0.2, 0.25) is 10.0 Å². The van der Waals surface area contributed by atoms with Crippen LogP contribution in [0.25, 0.3) is 0 Å². The SMILES string of the molecule is Cc1ccc(S(=O)(=O)NC[C@@H](c2ccccc2)N2CCN(c3ccccc3Cl)CC2)cc1. The summed E-state index contributed by atoms with van der Waals surface area (Å²) in [5, 5.41) is 0.756. The van der Waals surface area contributed by atoms with E-state index in [9.17, 15) is 8.42 Å². The van der Waals surface area contributed by atoms with Crippen molar-refractivity contribution in [2.24, 2.45) is 0 Å². The van der Waals surface area contributed by atoms with Gasteiger partial charge in [0, 0.05) is 38.8 Å². The molecule has 0 aliphatic carbocycles. The summed E-state index contributed by atoms with van der Waals surface area (Å²) in [7, 11) is -3.58. The van der Waals surface area contributed by atoms with Crippen LogP contribution in [0.1, 0.15) is 17.2 Å². The molecule has 1 aliphatic heterocycles. The molecule has 0 bridgehead atoms. The summed E-state index contributed by atoms with van der Waals surface area (Å²) in [6.45, 7) is 5.55. The molecule has 3 aromatic carbocycles. The number of benzene rings is 3. The van der Waals surface area contributed by atoms with Gasteiger partial charge in [-0.3, -0.25) is 4.90 Å². The molecule has 1 aliphatic rings. The number of aryl methyl sites for hydroxylation is 1. The molecule has 0 radical (unpaired) electrons. The Balaban J connectivity index is 1.48. The Hall–Kier alpha value is -2.38. The van der Waals surface area contributed by atoms with Crippen LogP contribution >= 0.6 is 11.6 Å². The van der Waals surface area contributed by atoms with E-state index in [1.54, 1.807) is 12.1 Å². The van der Waals surface area contributed by atoms with Crippen LogP contribution in [0, 0.1) is 6.92 Å². The van der Waals surface area contributed by atoms with E-state index in [0.29, 0.717) is 11.4 Å². The molecule has 4 rings (SSSR count). The number of nitrogens with one attached hydrogen (secondary N) is 1. The lowest BCUT2D eigenvalue weighted by molar-refractivity contribution is 0.187. The van der Waals surface area contributed by atoms with E-state index >= 15 is 0 Å². The van der Waals surface area contributed by atoms with Crippen LogP contribution in [-0.2, 0) is 10.0 Å². The number of para-hydroxylation sites is 1. The van der Waals surface area contributed by atoms with Crippen molar-refractivity contribution >= 4 is 27.3 Å². The standard InChI is InChI=1S/C25H28ClN3O2S/c1-20-11-13-22(14-12-20)32(30,31)27-19-25(21-7-3-2-4-8-21)29-17-15-28(16-18-29)24-10-6-5-9-23(24)26/h2-14,25,27H,15-19H2,1H3/t25-/m0/s1. The van der Waals surface area contributed by atoms with E-state index in [1.807, 2.05) is 61.5 Å². The highest BCUT2D eigenvalue weighted by Crippen LogP contribution is 2.28. The second kappa shape index (κ2) is 10.0. The first-order valence-corrected chi connectivity index (χ1v) is 12.6. The van der Waals surface area contributed by atoms with Crippen molar-refractivity contribution in [2.75, 3.05) is 37.6 Å². The van der Waals surface area contributed by atoms with E-state index in [2.05, 4.69) is 26.7 Å². The topological polar surface area (TPSA) is 52.7 Å². The minimum atomic E-state index is -3.58. The number of piperazine rings is 1. The van der Waals surface area contributed by atoms with Gasteiger partial charge in [-0.25, -0.2) is 13.1 Å². The van der Waals surface area contributed by atoms with Gasteiger partial charge in [0.05, 0.1) is 15.6 Å². The highest BCUT2D eigenvalue weighted by atomic mass is 35.5. The lowest BCUT2D eigenvalue weighted by atomic mass is 10.0. The number of halogens is 1. The number of sulfonamides is 1. The average Bonchev–Trinajstić information content (AvgIpc) is 2.81. The fraction of sp³-hybridized carbons (Fsp3) is 0.280. The molecule has 7 heteroatoms. The van der Waals surface area contributed by atoms with Crippen molar-refractivity contribution < 1.29 is 8.42 Å². The van der Waals surface area contributed by atoms with Crippen LogP contribution in [0.5, 0.6) is 0 Å². The fourth-order valence-electron chi connectivity index (χ4n) is 4.11. The number of anilines is 1. The van der Waals surface area contributed by atoms with Crippen LogP contribution in [0.2, 0.25) is 5.02 Å². The molecular formula is C25H28ClN3O2S. The molecule has 0 amide bonds. The predicted molar refractivity (Wildman–Crippen MR) is 131 cm³/mol. The number of hydrogen-bond donors (Lipinski definition) is 1. The third kappa shape index (κ3) is 5.33. The Morgan fingerprint density at radius 3 is 2.16 bits per heavy atom. The van der Waals surface area contributed by atoms with Gasteiger partial charge >= 0.3 is 0 Å². The summed E-state index contributed by atoms with van der Waals surface area (Å²) in [6.07, 6.45) is 0. The fourth-order valence-corrected chi connectivity index (χ4v) is 5.40. The molecule has 1 saturated heterocycles. The van der Waals surface area contributed by atoms with E-state index in [4.69, 9.17) is 11.6 Å². The molecule has 32 heavy (non-hydrogen) atoms. The molecule has 1 fully saturated rings. The molecule has 168 valence electrons. The lowest BCUT2D eigenvalue weighted by Gasteiger charge is -2.40. The molecule has 0 saturated carbocycles. The Bertz CT molecular complexity index is 1130. The molecular weight excluding hydrogens is 442 g/mol. The molecule has 0 unspecified atom stereocenters. The van der Waals surface area contributed by atoms with Crippen LogP contribution in [0.15, 0.2) is 83.8 Å². The highest BCUT2D eigenvalue weighted by Gasteiger charge is 2.27. The van der Waals surface area contributed by atoms with E-state index in [-0.39, 0.29) is 6.04 Å². The van der Waals surface area contributed by atoms with Crippen molar-refractivity contribution in [3.8, 4) is 0 Å². The van der Waals surface area contributed by atoms with Gasteiger partial charge in [0.25, 0.3) is 0 Å². The second-order valence-electron chi connectivity index (χ2n) is 8.07. The predicted octanol–water partition coefficient (Wildman–Crippen LogP) is 4.49. The summed E-state index contributed by atoms with van der Waals surface area (Å²) in [4.78, 5) is 4.93. The summed E-state index contributed by atoms with van der Waals surface area (Å²) in [5.74, 6) is 0. The average molecular weight is 470 g/mol. The summed E-state index contributed by atoms with van der Waals surface area (Å²) in [5.41, 5.74) is 3.18. The molecule has 1 atom stereocenters. The van der Waals surface area contributed by atoms with Crippen LogP contribution in [-0.4, -0.2) is 46.0 Å². The van der Waals surface area contributed by atoms with Crippen molar-refractivity contribution in [3.05, 3.63) is 95.0 Å². The molecule has 0 aromatic heterocycles. The Morgan fingerprint density at radius 1 is 0.875 bits per heavy atom. The minimum Gasteiger partial charge on any atom is -0.368 e. The number of nitrogens with zero attached hydrogens (tertiary/aromatic N) is 2. The molecule has 3 aromatic rings. The normalized spacial score (nSPS) is 16.1. The third-order valence-electron chi connectivity index (χ3n) is 5.93. The summed E-state index contributed by atoms with van der Waals surface area (Å²) < 4.78 is 28.6. The summed E-state index contributed by atoms with van der Waals surface area (Å²) in [6, 6.07) is 24.9. The van der Waals surface area contributed by atoms with Crippen molar-refractivity contribution in [2.45, 2.75) is 17.9 Å². The zero-order valence-electron chi connectivity index (χ0n) is 18.1. The zero-order chi connectivity index (χ0) is 22.6. The quantitative estimate of drug-likeness (QED) is 0.554.